The summed E-state index contributed by atoms with van der Waals surface area (Å²) in [5.41, 5.74) is 6.86. The number of nitrogens with one attached hydrogen (secondary N) is 2. The molecule has 0 aliphatic rings. The van der Waals surface area contributed by atoms with E-state index >= 15 is 0 Å². The molecule has 2 amide bonds. The number of carbonyl (C=O) groups excluding carboxylic acids is 2. The van der Waals surface area contributed by atoms with E-state index in [1.165, 1.54) is 6.08 Å². The molecule has 0 aromatic heterocycles. The molecule has 0 fully saturated rings. The van der Waals surface area contributed by atoms with Crippen LogP contribution in [0.15, 0.2) is 84.9 Å². The van der Waals surface area contributed by atoms with Gasteiger partial charge in [0.05, 0.1) is 7.11 Å². The summed E-state index contributed by atoms with van der Waals surface area (Å²) < 4.78 is 10.9. The van der Waals surface area contributed by atoms with Gasteiger partial charge in [0.15, 0.2) is 0 Å². The number of benzene rings is 3. The van der Waals surface area contributed by atoms with E-state index < -0.39 is 11.8 Å². The van der Waals surface area contributed by atoms with E-state index in [-0.39, 0.29) is 0 Å². The standard InChI is InChI=1S/C24H22N2O4/c1-29-22-10-6-5-7-19(22)15-16-23(27)25-26-24(28)20-13-11-18(12-14-20)17-30-21-8-3-2-4-9-21/h2-16H,17H2,1H3,(H,25,27)(H,26,28)/b16-15+. The van der Waals surface area contributed by atoms with Gasteiger partial charge in [0.25, 0.3) is 11.8 Å². The molecule has 0 radical (unpaired) electrons. The minimum absolute atomic E-state index is 0.399. The summed E-state index contributed by atoms with van der Waals surface area (Å²) in [6.45, 7) is 0.399. The summed E-state index contributed by atoms with van der Waals surface area (Å²) in [6, 6.07) is 23.8. The van der Waals surface area contributed by atoms with Gasteiger partial charge in [-0.3, -0.25) is 20.4 Å². The average Bonchev–Trinajstić information content (AvgIpc) is 2.81. The number of methoxy groups -OCH3 is 1. The van der Waals surface area contributed by atoms with E-state index in [0.29, 0.717) is 17.9 Å². The molecule has 0 aliphatic heterocycles. The molecule has 0 spiro atoms. The molecule has 152 valence electrons. The topological polar surface area (TPSA) is 76.7 Å². The molecule has 0 bridgehead atoms. The Balaban J connectivity index is 1.48. The van der Waals surface area contributed by atoms with E-state index in [0.717, 1.165) is 16.9 Å². The van der Waals surface area contributed by atoms with Crippen molar-refractivity contribution in [3.05, 3.63) is 102 Å². The molecule has 2 N–H and O–H groups in total. The van der Waals surface area contributed by atoms with Crippen LogP contribution in [0.25, 0.3) is 6.08 Å². The lowest BCUT2D eigenvalue weighted by Crippen LogP contribution is -2.40. The molecule has 0 unspecified atom stereocenters. The fraction of sp³-hybridized carbons (Fsp3) is 0.0833. The largest absolute Gasteiger partial charge is 0.496 e. The van der Waals surface area contributed by atoms with Crippen LogP contribution in [0.5, 0.6) is 11.5 Å². The first-order valence-electron chi connectivity index (χ1n) is 9.34. The van der Waals surface area contributed by atoms with Crippen molar-refractivity contribution < 1.29 is 19.1 Å². The van der Waals surface area contributed by atoms with Gasteiger partial charge in [-0.15, -0.1) is 0 Å². The summed E-state index contributed by atoms with van der Waals surface area (Å²) >= 11 is 0. The smallest absolute Gasteiger partial charge is 0.269 e. The number of para-hydroxylation sites is 2. The van der Waals surface area contributed by atoms with Gasteiger partial charge < -0.3 is 9.47 Å². The minimum atomic E-state index is -0.456. The van der Waals surface area contributed by atoms with Gasteiger partial charge in [-0.2, -0.15) is 0 Å². The quantitative estimate of drug-likeness (QED) is 0.466. The highest BCUT2D eigenvalue weighted by atomic mass is 16.5. The molecule has 0 saturated heterocycles. The van der Waals surface area contributed by atoms with Crippen molar-refractivity contribution in [1.82, 2.24) is 10.9 Å². The molecule has 0 aliphatic carbocycles. The van der Waals surface area contributed by atoms with Crippen LogP contribution in [0.2, 0.25) is 0 Å². The molecule has 3 rings (SSSR count). The predicted octanol–water partition coefficient (Wildman–Crippen LogP) is 3.75. The van der Waals surface area contributed by atoms with Crippen molar-refractivity contribution in [3.8, 4) is 11.5 Å². The van der Waals surface area contributed by atoms with Crippen LogP contribution in [0, 0.1) is 0 Å². The van der Waals surface area contributed by atoms with Gasteiger partial charge in [0, 0.05) is 17.2 Å². The summed E-state index contributed by atoms with van der Waals surface area (Å²) in [4.78, 5) is 24.2. The van der Waals surface area contributed by atoms with E-state index in [1.54, 1.807) is 43.5 Å². The SMILES string of the molecule is COc1ccccc1/C=C/C(=O)NNC(=O)c1ccc(COc2ccccc2)cc1. The Morgan fingerprint density at radius 1 is 0.867 bits per heavy atom. The Hall–Kier alpha value is -4.06. The zero-order chi connectivity index (χ0) is 21.2. The maximum absolute atomic E-state index is 12.2. The fourth-order valence-corrected chi connectivity index (χ4v) is 2.64. The molecule has 6 heteroatoms. The Bertz CT molecular complexity index is 1010. The second-order valence-corrected chi connectivity index (χ2v) is 6.32. The van der Waals surface area contributed by atoms with Gasteiger partial charge >= 0.3 is 0 Å². The third kappa shape index (κ3) is 5.97. The summed E-state index contributed by atoms with van der Waals surface area (Å²) in [6.07, 6.45) is 2.93. The highest BCUT2D eigenvalue weighted by molar-refractivity contribution is 5.98. The van der Waals surface area contributed by atoms with Gasteiger partial charge in [-0.1, -0.05) is 48.5 Å². The van der Waals surface area contributed by atoms with Gasteiger partial charge in [0.1, 0.15) is 18.1 Å². The predicted molar refractivity (Wildman–Crippen MR) is 115 cm³/mol. The molecular weight excluding hydrogens is 380 g/mol. The molecule has 30 heavy (non-hydrogen) atoms. The highest BCUT2D eigenvalue weighted by Gasteiger charge is 2.07. The second kappa shape index (κ2) is 10.5. The van der Waals surface area contributed by atoms with Crippen molar-refractivity contribution in [2.24, 2.45) is 0 Å². The number of hydrogen-bond donors (Lipinski definition) is 2. The van der Waals surface area contributed by atoms with Crippen molar-refractivity contribution in [1.29, 1.82) is 0 Å². The molecule has 0 heterocycles. The first-order valence-corrected chi connectivity index (χ1v) is 9.34. The zero-order valence-electron chi connectivity index (χ0n) is 16.5. The van der Waals surface area contributed by atoms with Crippen molar-refractivity contribution in [2.45, 2.75) is 6.61 Å². The lowest BCUT2D eigenvalue weighted by atomic mass is 10.1. The van der Waals surface area contributed by atoms with E-state index in [1.807, 2.05) is 48.5 Å². The summed E-state index contributed by atoms with van der Waals surface area (Å²) in [5, 5.41) is 0. The monoisotopic (exact) mass is 402 g/mol. The number of amides is 2. The average molecular weight is 402 g/mol. The van der Waals surface area contributed by atoms with Crippen LogP contribution in [-0.4, -0.2) is 18.9 Å². The van der Waals surface area contributed by atoms with E-state index in [2.05, 4.69) is 10.9 Å². The molecule has 0 atom stereocenters. The first-order chi connectivity index (χ1) is 14.7. The van der Waals surface area contributed by atoms with Crippen molar-refractivity contribution in [2.75, 3.05) is 7.11 Å². The Kier molecular flexibility index (Phi) is 7.22. The Morgan fingerprint density at radius 2 is 1.57 bits per heavy atom. The molecule has 3 aromatic carbocycles. The number of rotatable bonds is 7. The molecular formula is C24H22N2O4. The van der Waals surface area contributed by atoms with Gasteiger partial charge in [-0.05, 0) is 42.0 Å². The number of hydrogen-bond acceptors (Lipinski definition) is 4. The number of carbonyl (C=O) groups is 2. The van der Waals surface area contributed by atoms with Crippen LogP contribution in [0.3, 0.4) is 0 Å². The zero-order valence-corrected chi connectivity index (χ0v) is 16.5. The number of hydrazine groups is 1. The lowest BCUT2D eigenvalue weighted by Gasteiger charge is -2.08. The maximum atomic E-state index is 12.2. The molecule has 6 nitrogen and oxygen atoms in total. The lowest BCUT2D eigenvalue weighted by molar-refractivity contribution is -0.117. The normalized spacial score (nSPS) is 10.4. The van der Waals surface area contributed by atoms with Gasteiger partial charge in [-0.25, -0.2) is 0 Å². The fourth-order valence-electron chi connectivity index (χ4n) is 2.64. The first kappa shape index (κ1) is 20.7. The second-order valence-electron chi connectivity index (χ2n) is 6.32. The van der Waals surface area contributed by atoms with E-state index in [9.17, 15) is 9.59 Å². The number of ether oxygens (including phenoxy) is 2. The third-order valence-electron chi connectivity index (χ3n) is 4.22. The molecule has 0 saturated carbocycles. The third-order valence-corrected chi connectivity index (χ3v) is 4.22. The van der Waals surface area contributed by atoms with Crippen LogP contribution in [0.4, 0.5) is 0 Å². The maximum Gasteiger partial charge on any atom is 0.269 e. The van der Waals surface area contributed by atoms with Crippen LogP contribution < -0.4 is 20.3 Å². The van der Waals surface area contributed by atoms with Gasteiger partial charge in [0.2, 0.25) is 0 Å². The van der Waals surface area contributed by atoms with Crippen molar-refractivity contribution >= 4 is 17.9 Å². The summed E-state index contributed by atoms with van der Waals surface area (Å²) in [5.74, 6) is 0.567. The summed E-state index contributed by atoms with van der Waals surface area (Å²) in [7, 11) is 1.56. The van der Waals surface area contributed by atoms with Crippen LogP contribution in [-0.2, 0) is 11.4 Å². The van der Waals surface area contributed by atoms with Crippen LogP contribution in [0.1, 0.15) is 21.5 Å². The Morgan fingerprint density at radius 3 is 2.30 bits per heavy atom. The molecule has 3 aromatic rings. The van der Waals surface area contributed by atoms with E-state index in [4.69, 9.17) is 9.47 Å². The van der Waals surface area contributed by atoms with Crippen LogP contribution >= 0.6 is 0 Å². The minimum Gasteiger partial charge on any atom is -0.496 e. The highest BCUT2D eigenvalue weighted by Crippen LogP contribution is 2.18. The Labute approximate surface area is 175 Å². The van der Waals surface area contributed by atoms with Crippen molar-refractivity contribution in [3.63, 3.8) is 0 Å².